The van der Waals surface area contributed by atoms with Crippen LogP contribution in [-0.2, 0) is 6.42 Å². The molecule has 1 aromatic heterocycles. The Balaban J connectivity index is 1.91. The Morgan fingerprint density at radius 2 is 2.45 bits per heavy atom. The van der Waals surface area contributed by atoms with Crippen molar-refractivity contribution in [2.24, 2.45) is 10.9 Å². The van der Waals surface area contributed by atoms with E-state index in [0.717, 1.165) is 49.5 Å². The summed E-state index contributed by atoms with van der Waals surface area (Å²) in [5.74, 6) is 1.85. The fourth-order valence-corrected chi connectivity index (χ4v) is 3.25. The van der Waals surface area contributed by atoms with E-state index in [-0.39, 0.29) is 0 Å². The van der Waals surface area contributed by atoms with E-state index >= 15 is 0 Å². The van der Waals surface area contributed by atoms with E-state index in [1.165, 1.54) is 18.5 Å². The van der Waals surface area contributed by atoms with Gasteiger partial charge in [-0.25, -0.2) is 4.98 Å². The number of hydrogen-bond acceptors (Lipinski definition) is 3. The molecule has 0 spiro atoms. The first-order valence-electron chi connectivity index (χ1n) is 7.63. The largest absolute Gasteiger partial charge is 0.357 e. The smallest absolute Gasteiger partial charge is 0.193 e. The standard InChI is InChI=1S/C15H26N4S/c1-4-16-15(19-9-5-6-12(2)10-19)17-8-7-14-11-20-13(3)18-14/h11-12H,4-10H2,1-3H3,(H,16,17). The van der Waals surface area contributed by atoms with Gasteiger partial charge in [0.05, 0.1) is 10.7 Å². The average molecular weight is 294 g/mol. The lowest BCUT2D eigenvalue weighted by molar-refractivity contribution is 0.266. The summed E-state index contributed by atoms with van der Waals surface area (Å²) in [6, 6.07) is 0. The maximum Gasteiger partial charge on any atom is 0.193 e. The minimum absolute atomic E-state index is 0.772. The number of aliphatic imine (C=N–C) groups is 1. The highest BCUT2D eigenvalue weighted by Crippen LogP contribution is 2.15. The maximum absolute atomic E-state index is 4.77. The zero-order chi connectivity index (χ0) is 14.4. The number of aromatic nitrogens is 1. The second-order valence-electron chi connectivity index (χ2n) is 5.54. The van der Waals surface area contributed by atoms with Crippen molar-refractivity contribution in [1.29, 1.82) is 0 Å². The molecule has 0 radical (unpaired) electrons. The van der Waals surface area contributed by atoms with E-state index < -0.39 is 0 Å². The number of nitrogens with one attached hydrogen (secondary N) is 1. The van der Waals surface area contributed by atoms with E-state index in [4.69, 9.17) is 4.99 Å². The Morgan fingerprint density at radius 3 is 3.10 bits per heavy atom. The van der Waals surface area contributed by atoms with Crippen LogP contribution < -0.4 is 5.32 Å². The van der Waals surface area contributed by atoms with Gasteiger partial charge in [-0.1, -0.05) is 6.92 Å². The van der Waals surface area contributed by atoms with Crippen molar-refractivity contribution in [2.45, 2.75) is 40.0 Å². The van der Waals surface area contributed by atoms with Gasteiger partial charge in [0.25, 0.3) is 0 Å². The lowest BCUT2D eigenvalue weighted by atomic mass is 10.0. The van der Waals surface area contributed by atoms with E-state index in [1.807, 2.05) is 0 Å². The lowest BCUT2D eigenvalue weighted by Gasteiger charge is -2.33. The molecule has 1 atom stereocenters. The van der Waals surface area contributed by atoms with Gasteiger partial charge in [0, 0.05) is 38.0 Å². The molecule has 1 saturated heterocycles. The lowest BCUT2D eigenvalue weighted by Crippen LogP contribution is -2.46. The fourth-order valence-electron chi connectivity index (χ4n) is 2.61. The van der Waals surface area contributed by atoms with Gasteiger partial charge in [-0.05, 0) is 32.6 Å². The van der Waals surface area contributed by atoms with Gasteiger partial charge in [-0.3, -0.25) is 4.99 Å². The predicted octanol–water partition coefficient (Wildman–Crippen LogP) is 2.69. The highest BCUT2D eigenvalue weighted by molar-refractivity contribution is 7.09. The first kappa shape index (κ1) is 15.3. The molecular weight excluding hydrogens is 268 g/mol. The quantitative estimate of drug-likeness (QED) is 0.685. The zero-order valence-electron chi connectivity index (χ0n) is 12.9. The first-order valence-corrected chi connectivity index (χ1v) is 8.51. The second kappa shape index (κ2) is 7.62. The second-order valence-corrected chi connectivity index (χ2v) is 6.60. The van der Waals surface area contributed by atoms with Crippen molar-refractivity contribution in [3.63, 3.8) is 0 Å². The summed E-state index contributed by atoms with van der Waals surface area (Å²) in [4.78, 5) is 11.7. The number of hydrogen-bond donors (Lipinski definition) is 1. The number of nitrogens with zero attached hydrogens (tertiary/aromatic N) is 3. The van der Waals surface area contributed by atoms with E-state index in [9.17, 15) is 0 Å². The van der Waals surface area contributed by atoms with Crippen LogP contribution in [0.25, 0.3) is 0 Å². The normalized spacial score (nSPS) is 20.2. The van der Waals surface area contributed by atoms with Gasteiger partial charge in [0.15, 0.2) is 5.96 Å². The SMILES string of the molecule is CCNC(=NCCc1csc(C)n1)N1CCCC(C)C1. The first-order chi connectivity index (χ1) is 9.69. The summed E-state index contributed by atoms with van der Waals surface area (Å²) in [5.41, 5.74) is 1.17. The molecule has 112 valence electrons. The summed E-state index contributed by atoms with van der Waals surface area (Å²) in [6.07, 6.45) is 3.55. The summed E-state index contributed by atoms with van der Waals surface area (Å²) >= 11 is 1.72. The third-order valence-electron chi connectivity index (χ3n) is 3.59. The maximum atomic E-state index is 4.77. The Labute approximate surface area is 126 Å². The van der Waals surface area contributed by atoms with Crippen LogP contribution in [0.1, 0.15) is 37.4 Å². The molecule has 2 rings (SSSR count). The van der Waals surface area contributed by atoms with Crippen molar-refractivity contribution in [2.75, 3.05) is 26.2 Å². The molecule has 0 aromatic carbocycles. The van der Waals surface area contributed by atoms with Gasteiger partial charge in [0.1, 0.15) is 0 Å². The number of rotatable bonds is 4. The van der Waals surface area contributed by atoms with Gasteiger partial charge in [0.2, 0.25) is 0 Å². The summed E-state index contributed by atoms with van der Waals surface area (Å²) in [5, 5.41) is 6.70. The van der Waals surface area contributed by atoms with Crippen molar-refractivity contribution in [3.8, 4) is 0 Å². The van der Waals surface area contributed by atoms with Gasteiger partial charge >= 0.3 is 0 Å². The minimum Gasteiger partial charge on any atom is -0.357 e. The minimum atomic E-state index is 0.772. The van der Waals surface area contributed by atoms with Gasteiger partial charge in [-0.15, -0.1) is 11.3 Å². The fraction of sp³-hybridized carbons (Fsp3) is 0.733. The van der Waals surface area contributed by atoms with E-state index in [2.05, 4.69) is 41.4 Å². The molecular formula is C15H26N4S. The van der Waals surface area contributed by atoms with Crippen LogP contribution in [0.2, 0.25) is 0 Å². The molecule has 4 nitrogen and oxygen atoms in total. The van der Waals surface area contributed by atoms with Gasteiger partial charge in [-0.2, -0.15) is 0 Å². The van der Waals surface area contributed by atoms with E-state index in [1.54, 1.807) is 11.3 Å². The molecule has 1 fully saturated rings. The van der Waals surface area contributed by atoms with Crippen LogP contribution >= 0.6 is 11.3 Å². The molecule has 20 heavy (non-hydrogen) atoms. The van der Waals surface area contributed by atoms with Crippen LogP contribution in [0.15, 0.2) is 10.4 Å². The Hall–Kier alpha value is -1.10. The molecule has 1 aliphatic rings. The Morgan fingerprint density at radius 1 is 1.60 bits per heavy atom. The number of piperidine rings is 1. The van der Waals surface area contributed by atoms with E-state index in [0.29, 0.717) is 0 Å². The Kier molecular flexibility index (Phi) is 5.83. The number of likely N-dealkylation sites (tertiary alicyclic amines) is 1. The van der Waals surface area contributed by atoms with Crippen LogP contribution in [0, 0.1) is 12.8 Å². The molecule has 5 heteroatoms. The summed E-state index contributed by atoms with van der Waals surface area (Å²) in [7, 11) is 0. The van der Waals surface area contributed by atoms with Crippen molar-refractivity contribution in [3.05, 3.63) is 16.1 Å². The monoisotopic (exact) mass is 294 g/mol. The molecule has 0 saturated carbocycles. The Bertz CT molecular complexity index is 441. The summed E-state index contributed by atoms with van der Waals surface area (Å²) < 4.78 is 0. The van der Waals surface area contributed by atoms with Crippen molar-refractivity contribution >= 4 is 17.3 Å². The predicted molar refractivity (Wildman–Crippen MR) is 86.5 cm³/mol. The number of thiazole rings is 1. The molecule has 1 unspecified atom stereocenters. The van der Waals surface area contributed by atoms with Gasteiger partial charge < -0.3 is 10.2 Å². The highest BCUT2D eigenvalue weighted by Gasteiger charge is 2.18. The van der Waals surface area contributed by atoms with Crippen molar-refractivity contribution in [1.82, 2.24) is 15.2 Å². The summed E-state index contributed by atoms with van der Waals surface area (Å²) in [6.45, 7) is 10.5. The number of aryl methyl sites for hydroxylation is 1. The third kappa shape index (κ3) is 4.47. The molecule has 1 aliphatic heterocycles. The molecule has 1 N–H and O–H groups in total. The number of guanidine groups is 1. The van der Waals surface area contributed by atoms with Crippen LogP contribution in [0.4, 0.5) is 0 Å². The van der Waals surface area contributed by atoms with Crippen LogP contribution in [-0.4, -0.2) is 42.0 Å². The van der Waals surface area contributed by atoms with Crippen LogP contribution in [0.5, 0.6) is 0 Å². The molecule has 0 amide bonds. The zero-order valence-corrected chi connectivity index (χ0v) is 13.7. The highest BCUT2D eigenvalue weighted by atomic mass is 32.1. The van der Waals surface area contributed by atoms with Crippen LogP contribution in [0.3, 0.4) is 0 Å². The molecule has 0 aliphatic carbocycles. The van der Waals surface area contributed by atoms with Crippen molar-refractivity contribution < 1.29 is 0 Å². The average Bonchev–Trinajstić information content (AvgIpc) is 2.83. The molecule has 2 heterocycles. The molecule has 0 bridgehead atoms. The third-order valence-corrected chi connectivity index (χ3v) is 4.41. The molecule has 1 aromatic rings. The topological polar surface area (TPSA) is 40.5 Å².